The zero-order valence-corrected chi connectivity index (χ0v) is 10.1. The molecule has 0 bridgehead atoms. The van der Waals surface area contributed by atoms with Gasteiger partial charge in [0.1, 0.15) is 0 Å². The molecule has 0 heterocycles. The second-order valence-corrected chi connectivity index (χ2v) is 4.07. The molecule has 1 aromatic carbocycles. The van der Waals surface area contributed by atoms with Crippen molar-refractivity contribution in [2.24, 2.45) is 5.73 Å². The molecule has 1 rings (SSSR count). The smallest absolute Gasteiger partial charge is 0.237 e. The van der Waals surface area contributed by atoms with E-state index in [2.05, 4.69) is 5.32 Å². The average molecular weight is 252 g/mol. The Balaban J connectivity index is 2.43. The molecule has 3 N–H and O–H groups in total. The highest BCUT2D eigenvalue weighted by atomic mass is 35.5. The highest BCUT2D eigenvalue weighted by Gasteiger charge is 2.13. The normalized spacial score (nSPS) is 11.6. The van der Waals surface area contributed by atoms with Crippen LogP contribution in [0.15, 0.2) is 24.3 Å². The van der Waals surface area contributed by atoms with Gasteiger partial charge in [0.2, 0.25) is 5.91 Å². The summed E-state index contributed by atoms with van der Waals surface area (Å²) < 4.78 is 0. The Hall–Kier alpha value is -1.57. The summed E-state index contributed by atoms with van der Waals surface area (Å²) in [5.74, 6) is -0.241. The van der Waals surface area contributed by atoms with Gasteiger partial charge < -0.3 is 11.1 Å². The molecule has 0 aliphatic rings. The SMILES string of the molecule is N#CCCNC(=O)C(N)Cc1ccc(Cl)cc1. The molecule has 17 heavy (non-hydrogen) atoms. The predicted molar refractivity (Wildman–Crippen MR) is 66.4 cm³/mol. The van der Waals surface area contributed by atoms with Crippen LogP contribution in [0.2, 0.25) is 5.02 Å². The number of halogens is 1. The molecule has 0 saturated carbocycles. The fourth-order valence-corrected chi connectivity index (χ4v) is 1.47. The third kappa shape index (κ3) is 4.85. The number of nitriles is 1. The summed E-state index contributed by atoms with van der Waals surface area (Å²) in [6.07, 6.45) is 0.745. The predicted octanol–water partition coefficient (Wildman–Crippen LogP) is 1.24. The van der Waals surface area contributed by atoms with E-state index >= 15 is 0 Å². The Morgan fingerprint density at radius 2 is 2.12 bits per heavy atom. The Kier molecular flexibility index (Phi) is 5.47. The van der Waals surface area contributed by atoms with E-state index in [-0.39, 0.29) is 5.91 Å². The van der Waals surface area contributed by atoms with Crippen LogP contribution in [-0.4, -0.2) is 18.5 Å². The molecule has 1 aromatic rings. The number of carbonyl (C=O) groups is 1. The topological polar surface area (TPSA) is 78.9 Å². The molecule has 4 nitrogen and oxygen atoms in total. The molecular formula is C12H14ClN3O. The van der Waals surface area contributed by atoms with Crippen LogP contribution in [0, 0.1) is 11.3 Å². The molecule has 5 heteroatoms. The van der Waals surface area contributed by atoms with Gasteiger partial charge in [-0.3, -0.25) is 4.79 Å². The van der Waals surface area contributed by atoms with Crippen LogP contribution in [-0.2, 0) is 11.2 Å². The lowest BCUT2D eigenvalue weighted by Crippen LogP contribution is -2.42. The van der Waals surface area contributed by atoms with Crippen LogP contribution >= 0.6 is 11.6 Å². The molecule has 1 amide bonds. The Labute approximate surface area is 105 Å². The van der Waals surface area contributed by atoms with E-state index < -0.39 is 6.04 Å². The minimum Gasteiger partial charge on any atom is -0.354 e. The molecule has 1 unspecified atom stereocenters. The number of hydrogen-bond acceptors (Lipinski definition) is 3. The molecule has 0 aliphatic carbocycles. The number of rotatable bonds is 5. The highest BCUT2D eigenvalue weighted by Crippen LogP contribution is 2.10. The summed E-state index contributed by atoms with van der Waals surface area (Å²) in [6.45, 7) is 0.337. The van der Waals surface area contributed by atoms with Gasteiger partial charge in [-0.15, -0.1) is 0 Å². The molecule has 0 fully saturated rings. The first-order chi connectivity index (χ1) is 8.13. The lowest BCUT2D eigenvalue weighted by molar-refractivity contribution is -0.122. The lowest BCUT2D eigenvalue weighted by Gasteiger charge is -2.11. The van der Waals surface area contributed by atoms with Crippen molar-refractivity contribution >= 4 is 17.5 Å². The van der Waals surface area contributed by atoms with Crippen LogP contribution in [0.5, 0.6) is 0 Å². The second-order valence-electron chi connectivity index (χ2n) is 3.64. The molecular weight excluding hydrogens is 238 g/mol. The molecule has 0 radical (unpaired) electrons. The number of nitrogens with zero attached hydrogens (tertiary/aromatic N) is 1. The van der Waals surface area contributed by atoms with Gasteiger partial charge in [0.25, 0.3) is 0 Å². The number of nitrogens with two attached hydrogens (primary N) is 1. The first kappa shape index (κ1) is 13.5. The maximum Gasteiger partial charge on any atom is 0.237 e. The van der Waals surface area contributed by atoms with Crippen LogP contribution in [0.4, 0.5) is 0 Å². The van der Waals surface area contributed by atoms with E-state index in [9.17, 15) is 4.79 Å². The van der Waals surface area contributed by atoms with Crippen molar-refractivity contribution in [1.82, 2.24) is 5.32 Å². The van der Waals surface area contributed by atoms with Crippen molar-refractivity contribution in [3.8, 4) is 6.07 Å². The fourth-order valence-electron chi connectivity index (χ4n) is 1.34. The molecule has 0 saturated heterocycles. The first-order valence-corrected chi connectivity index (χ1v) is 5.66. The van der Waals surface area contributed by atoms with Gasteiger partial charge in [0, 0.05) is 11.6 Å². The molecule has 1 atom stereocenters. The third-order valence-electron chi connectivity index (χ3n) is 2.24. The van der Waals surface area contributed by atoms with Crippen LogP contribution < -0.4 is 11.1 Å². The van der Waals surface area contributed by atoms with Crippen LogP contribution in [0.3, 0.4) is 0 Å². The summed E-state index contributed by atoms with van der Waals surface area (Å²) in [5, 5.41) is 11.6. The zero-order valence-electron chi connectivity index (χ0n) is 9.32. The fraction of sp³-hybridized carbons (Fsp3) is 0.333. The largest absolute Gasteiger partial charge is 0.354 e. The van der Waals surface area contributed by atoms with Gasteiger partial charge in [-0.05, 0) is 24.1 Å². The minimum absolute atomic E-state index is 0.241. The van der Waals surface area contributed by atoms with Crippen molar-refractivity contribution in [1.29, 1.82) is 5.26 Å². The first-order valence-electron chi connectivity index (χ1n) is 5.28. The van der Waals surface area contributed by atoms with Gasteiger partial charge >= 0.3 is 0 Å². The number of amides is 1. The van der Waals surface area contributed by atoms with E-state index in [1.54, 1.807) is 12.1 Å². The van der Waals surface area contributed by atoms with Crippen molar-refractivity contribution < 1.29 is 4.79 Å². The summed E-state index contributed by atoms with van der Waals surface area (Å²) >= 11 is 5.75. The van der Waals surface area contributed by atoms with Gasteiger partial charge in [-0.2, -0.15) is 5.26 Å². The van der Waals surface area contributed by atoms with E-state index in [1.807, 2.05) is 18.2 Å². The number of nitrogens with one attached hydrogen (secondary N) is 1. The van der Waals surface area contributed by atoms with E-state index in [0.29, 0.717) is 24.4 Å². The molecule has 90 valence electrons. The zero-order chi connectivity index (χ0) is 12.7. The molecule has 0 aromatic heterocycles. The second kappa shape index (κ2) is 6.89. The summed E-state index contributed by atoms with van der Waals surface area (Å²) in [7, 11) is 0. The standard InChI is InChI=1S/C12H14ClN3O/c13-10-4-2-9(3-5-10)8-11(15)12(17)16-7-1-6-14/h2-5,11H,1,7-8,15H2,(H,16,17). The number of carbonyl (C=O) groups excluding carboxylic acids is 1. The van der Waals surface area contributed by atoms with Crippen molar-refractivity contribution in [3.05, 3.63) is 34.9 Å². The number of benzene rings is 1. The van der Waals surface area contributed by atoms with Crippen LogP contribution in [0.25, 0.3) is 0 Å². The van der Waals surface area contributed by atoms with Crippen LogP contribution in [0.1, 0.15) is 12.0 Å². The molecule has 0 spiro atoms. The maximum absolute atomic E-state index is 11.5. The van der Waals surface area contributed by atoms with Crippen molar-refractivity contribution in [2.75, 3.05) is 6.54 Å². The maximum atomic E-state index is 11.5. The highest BCUT2D eigenvalue weighted by molar-refractivity contribution is 6.30. The monoisotopic (exact) mass is 251 g/mol. The van der Waals surface area contributed by atoms with Gasteiger partial charge in [0.05, 0.1) is 18.5 Å². The van der Waals surface area contributed by atoms with Gasteiger partial charge in [-0.25, -0.2) is 0 Å². The van der Waals surface area contributed by atoms with Gasteiger partial charge in [0.15, 0.2) is 0 Å². The van der Waals surface area contributed by atoms with Gasteiger partial charge in [-0.1, -0.05) is 23.7 Å². The van der Waals surface area contributed by atoms with Crippen molar-refractivity contribution in [3.63, 3.8) is 0 Å². The minimum atomic E-state index is -0.602. The quantitative estimate of drug-likeness (QED) is 0.773. The molecule has 0 aliphatic heterocycles. The Bertz CT molecular complexity index is 411. The van der Waals surface area contributed by atoms with E-state index in [0.717, 1.165) is 5.56 Å². The lowest BCUT2D eigenvalue weighted by atomic mass is 10.1. The Morgan fingerprint density at radius 1 is 1.47 bits per heavy atom. The third-order valence-corrected chi connectivity index (χ3v) is 2.49. The van der Waals surface area contributed by atoms with E-state index in [1.165, 1.54) is 0 Å². The summed E-state index contributed by atoms with van der Waals surface area (Å²) in [6, 6.07) is 8.54. The van der Waals surface area contributed by atoms with Crippen molar-refractivity contribution in [2.45, 2.75) is 18.9 Å². The van der Waals surface area contributed by atoms with E-state index in [4.69, 9.17) is 22.6 Å². The Morgan fingerprint density at radius 3 is 2.71 bits per heavy atom. The summed E-state index contributed by atoms with van der Waals surface area (Å²) in [4.78, 5) is 11.5. The number of hydrogen-bond donors (Lipinski definition) is 2. The average Bonchev–Trinajstić information content (AvgIpc) is 2.32. The summed E-state index contributed by atoms with van der Waals surface area (Å²) in [5.41, 5.74) is 6.70.